The van der Waals surface area contributed by atoms with Gasteiger partial charge in [-0.05, 0) is 19.1 Å². The SMILES string of the molecule is COC(=O)C1Oc2cc(C)oc(=O)c2C1c1cccc(OC)c1OCc1ccccc1Cl. The summed E-state index contributed by atoms with van der Waals surface area (Å²) in [6.07, 6.45) is -1.09. The number of methoxy groups -OCH3 is 2. The predicted octanol–water partition coefficient (Wildman–Crippen LogP) is 4.26. The summed E-state index contributed by atoms with van der Waals surface area (Å²) in [5, 5.41) is 0.557. The van der Waals surface area contributed by atoms with E-state index in [0.717, 1.165) is 5.56 Å². The summed E-state index contributed by atoms with van der Waals surface area (Å²) in [5.74, 6) is 0.0139. The first-order chi connectivity index (χ1) is 15.4. The van der Waals surface area contributed by atoms with Gasteiger partial charge in [0.1, 0.15) is 18.1 Å². The minimum Gasteiger partial charge on any atom is -0.493 e. The van der Waals surface area contributed by atoms with Crippen LogP contribution in [0.3, 0.4) is 0 Å². The average Bonchev–Trinajstić information content (AvgIpc) is 3.17. The van der Waals surface area contributed by atoms with Crippen LogP contribution in [0.25, 0.3) is 0 Å². The zero-order valence-electron chi connectivity index (χ0n) is 17.7. The van der Waals surface area contributed by atoms with Crippen molar-refractivity contribution in [2.45, 2.75) is 25.6 Å². The number of carbonyl (C=O) groups is 1. The summed E-state index contributed by atoms with van der Waals surface area (Å²) in [6, 6.07) is 14.1. The van der Waals surface area contributed by atoms with Crippen molar-refractivity contribution in [3.63, 3.8) is 0 Å². The van der Waals surface area contributed by atoms with Crippen LogP contribution in [0, 0.1) is 6.92 Å². The molecule has 0 fully saturated rings. The van der Waals surface area contributed by atoms with Gasteiger partial charge in [-0.15, -0.1) is 0 Å². The van der Waals surface area contributed by atoms with Crippen LogP contribution in [-0.4, -0.2) is 26.3 Å². The monoisotopic (exact) mass is 456 g/mol. The average molecular weight is 457 g/mol. The Morgan fingerprint density at radius 1 is 1.12 bits per heavy atom. The Labute approximate surface area is 189 Å². The number of rotatable bonds is 6. The molecule has 0 saturated carbocycles. The number of carbonyl (C=O) groups excluding carboxylic acids is 1. The first kappa shape index (κ1) is 21.8. The lowest BCUT2D eigenvalue weighted by atomic mass is 9.88. The third-order valence-corrected chi connectivity index (χ3v) is 5.64. The molecule has 0 bridgehead atoms. The fraction of sp³-hybridized carbons (Fsp3) is 0.250. The first-order valence-electron chi connectivity index (χ1n) is 9.86. The third-order valence-electron chi connectivity index (χ3n) is 5.27. The Balaban J connectivity index is 1.84. The number of benzene rings is 2. The molecule has 2 atom stereocenters. The molecule has 0 saturated heterocycles. The molecule has 1 aromatic heterocycles. The van der Waals surface area contributed by atoms with Crippen LogP contribution in [-0.2, 0) is 16.1 Å². The molecule has 32 heavy (non-hydrogen) atoms. The van der Waals surface area contributed by atoms with Gasteiger partial charge in [-0.1, -0.05) is 41.9 Å². The van der Waals surface area contributed by atoms with E-state index in [1.165, 1.54) is 14.2 Å². The van der Waals surface area contributed by atoms with Crippen LogP contribution in [0.4, 0.5) is 0 Å². The second-order valence-electron chi connectivity index (χ2n) is 7.22. The van der Waals surface area contributed by atoms with Gasteiger partial charge in [0.15, 0.2) is 11.5 Å². The quantitative estimate of drug-likeness (QED) is 0.512. The highest BCUT2D eigenvalue weighted by atomic mass is 35.5. The van der Waals surface area contributed by atoms with E-state index in [2.05, 4.69) is 0 Å². The number of aryl methyl sites for hydroxylation is 1. The van der Waals surface area contributed by atoms with Gasteiger partial charge >= 0.3 is 11.6 Å². The van der Waals surface area contributed by atoms with Crippen LogP contribution in [0.15, 0.2) is 57.7 Å². The number of para-hydroxylation sites is 1. The summed E-state index contributed by atoms with van der Waals surface area (Å²) in [5.41, 5.74) is 0.939. The van der Waals surface area contributed by atoms with Crippen molar-refractivity contribution < 1.29 is 28.2 Å². The smallest absolute Gasteiger partial charge is 0.348 e. The molecule has 0 amide bonds. The summed E-state index contributed by atoms with van der Waals surface area (Å²) >= 11 is 6.27. The number of hydrogen-bond acceptors (Lipinski definition) is 7. The van der Waals surface area contributed by atoms with Crippen molar-refractivity contribution in [1.82, 2.24) is 0 Å². The van der Waals surface area contributed by atoms with Crippen LogP contribution in [0.2, 0.25) is 5.02 Å². The van der Waals surface area contributed by atoms with E-state index < -0.39 is 23.6 Å². The minimum atomic E-state index is -1.09. The van der Waals surface area contributed by atoms with E-state index >= 15 is 0 Å². The molecule has 2 aromatic carbocycles. The van der Waals surface area contributed by atoms with Gasteiger partial charge in [-0.2, -0.15) is 0 Å². The van der Waals surface area contributed by atoms with Gasteiger partial charge in [0.2, 0.25) is 6.10 Å². The molecule has 2 unspecified atom stereocenters. The second kappa shape index (κ2) is 8.96. The molecule has 0 radical (unpaired) electrons. The Morgan fingerprint density at radius 3 is 2.62 bits per heavy atom. The molecule has 0 N–H and O–H groups in total. The van der Waals surface area contributed by atoms with E-state index in [9.17, 15) is 9.59 Å². The molecule has 1 aliphatic rings. The van der Waals surface area contributed by atoms with Gasteiger partial charge < -0.3 is 23.4 Å². The molecule has 7 nitrogen and oxygen atoms in total. The Hall–Kier alpha value is -3.45. The number of fused-ring (bicyclic) bond motifs is 1. The van der Waals surface area contributed by atoms with E-state index in [1.807, 2.05) is 18.2 Å². The third kappa shape index (κ3) is 3.91. The number of halogens is 1. The Morgan fingerprint density at radius 2 is 1.91 bits per heavy atom. The fourth-order valence-electron chi connectivity index (χ4n) is 3.80. The maximum absolute atomic E-state index is 12.8. The Kier molecular flexibility index (Phi) is 6.10. The van der Waals surface area contributed by atoms with E-state index in [1.54, 1.807) is 37.3 Å². The molecule has 2 heterocycles. The largest absolute Gasteiger partial charge is 0.493 e. The molecule has 1 aliphatic heterocycles. The Bertz CT molecular complexity index is 1220. The van der Waals surface area contributed by atoms with Crippen LogP contribution < -0.4 is 19.8 Å². The standard InChI is InChI=1S/C24H21ClO7/c1-13-11-18-20(23(26)31-13)19(22(32-18)24(27)29-3)15-8-6-10-17(28-2)21(15)30-12-14-7-4-5-9-16(14)25/h4-11,19,22H,12H2,1-3H3. The molecule has 4 rings (SSSR count). The molecule has 3 aromatic rings. The second-order valence-corrected chi connectivity index (χ2v) is 7.63. The lowest BCUT2D eigenvalue weighted by Crippen LogP contribution is -2.32. The van der Waals surface area contributed by atoms with Crippen molar-refractivity contribution in [1.29, 1.82) is 0 Å². The molecule has 0 spiro atoms. The normalized spacial score (nSPS) is 16.8. The van der Waals surface area contributed by atoms with Crippen molar-refractivity contribution in [2.24, 2.45) is 0 Å². The number of ether oxygens (including phenoxy) is 4. The van der Waals surface area contributed by atoms with E-state index in [4.69, 9.17) is 35.0 Å². The van der Waals surface area contributed by atoms with Crippen molar-refractivity contribution in [3.05, 3.63) is 86.4 Å². The maximum Gasteiger partial charge on any atom is 0.348 e. The lowest BCUT2D eigenvalue weighted by Gasteiger charge is -2.21. The maximum atomic E-state index is 12.8. The van der Waals surface area contributed by atoms with Gasteiger partial charge in [0.25, 0.3) is 0 Å². The van der Waals surface area contributed by atoms with Gasteiger partial charge in [0, 0.05) is 22.2 Å². The fourth-order valence-corrected chi connectivity index (χ4v) is 4.00. The zero-order chi connectivity index (χ0) is 22.8. The molecule has 8 heteroatoms. The van der Waals surface area contributed by atoms with Crippen molar-refractivity contribution in [2.75, 3.05) is 14.2 Å². The van der Waals surface area contributed by atoms with Crippen LogP contribution in [0.1, 0.15) is 28.4 Å². The highest BCUT2D eigenvalue weighted by molar-refractivity contribution is 6.31. The minimum absolute atomic E-state index is 0.152. The molecular weight excluding hydrogens is 436 g/mol. The number of hydrogen-bond donors (Lipinski definition) is 0. The van der Waals surface area contributed by atoms with Gasteiger partial charge in [-0.3, -0.25) is 0 Å². The highest BCUT2D eigenvalue weighted by Crippen LogP contribution is 2.47. The van der Waals surface area contributed by atoms with Crippen LogP contribution >= 0.6 is 11.6 Å². The summed E-state index contributed by atoms with van der Waals surface area (Å²) in [4.78, 5) is 25.4. The lowest BCUT2D eigenvalue weighted by molar-refractivity contribution is -0.148. The van der Waals surface area contributed by atoms with Gasteiger partial charge in [-0.25, -0.2) is 9.59 Å². The van der Waals surface area contributed by atoms with E-state index in [-0.39, 0.29) is 17.9 Å². The molecule has 0 aliphatic carbocycles. The van der Waals surface area contributed by atoms with Crippen molar-refractivity contribution >= 4 is 17.6 Å². The highest BCUT2D eigenvalue weighted by Gasteiger charge is 2.45. The predicted molar refractivity (Wildman–Crippen MR) is 117 cm³/mol. The molecular formula is C24H21ClO7. The zero-order valence-corrected chi connectivity index (χ0v) is 18.5. The number of esters is 1. The first-order valence-corrected chi connectivity index (χ1v) is 10.2. The summed E-state index contributed by atoms with van der Waals surface area (Å²) < 4.78 is 27.7. The summed E-state index contributed by atoms with van der Waals surface area (Å²) in [7, 11) is 2.77. The topological polar surface area (TPSA) is 84.2 Å². The summed E-state index contributed by atoms with van der Waals surface area (Å²) in [6.45, 7) is 1.79. The van der Waals surface area contributed by atoms with Gasteiger partial charge in [0.05, 0.1) is 25.7 Å². The molecule has 166 valence electrons. The van der Waals surface area contributed by atoms with Crippen LogP contribution in [0.5, 0.6) is 17.2 Å². The van der Waals surface area contributed by atoms with Crippen molar-refractivity contribution in [3.8, 4) is 17.2 Å². The van der Waals surface area contributed by atoms with E-state index in [0.29, 0.717) is 27.8 Å².